The molecule has 126 valence electrons. The van der Waals surface area contributed by atoms with E-state index in [0.717, 1.165) is 27.6 Å². The standard InChI is InChI=1S/C20H18N2O3/c1-12-5-7-13(8-6-12)19(23)10-16-15-3-2-4-17-20(15)14(11-21-17)9-18(16)22(24)25/h2-8,11,16,18,21H,9-10H2,1H3/t16-,18-/m1/s1. The number of benzene rings is 2. The second-order valence-corrected chi connectivity index (χ2v) is 6.74. The van der Waals surface area contributed by atoms with Gasteiger partial charge in [0.15, 0.2) is 5.78 Å². The molecule has 0 unspecified atom stereocenters. The molecule has 2 aromatic carbocycles. The van der Waals surface area contributed by atoms with Crippen LogP contribution in [0.4, 0.5) is 0 Å². The third-order valence-electron chi connectivity index (χ3n) is 5.16. The molecule has 0 bridgehead atoms. The summed E-state index contributed by atoms with van der Waals surface area (Å²) in [5.74, 6) is -0.455. The molecule has 0 radical (unpaired) electrons. The smallest absolute Gasteiger partial charge is 0.224 e. The largest absolute Gasteiger partial charge is 0.361 e. The van der Waals surface area contributed by atoms with E-state index in [9.17, 15) is 14.9 Å². The molecule has 1 aliphatic rings. The van der Waals surface area contributed by atoms with Crippen molar-refractivity contribution in [1.82, 2.24) is 4.98 Å². The first-order valence-electron chi connectivity index (χ1n) is 8.37. The molecule has 1 N–H and O–H groups in total. The minimum absolute atomic E-state index is 0.0483. The highest BCUT2D eigenvalue weighted by atomic mass is 16.6. The maximum atomic E-state index is 12.7. The first-order chi connectivity index (χ1) is 12.0. The molecule has 1 heterocycles. The van der Waals surface area contributed by atoms with Crippen molar-refractivity contribution >= 4 is 16.7 Å². The third-order valence-corrected chi connectivity index (χ3v) is 5.16. The summed E-state index contributed by atoms with van der Waals surface area (Å²) in [5.41, 5.74) is 4.54. The van der Waals surface area contributed by atoms with Crippen molar-refractivity contribution in [1.29, 1.82) is 0 Å². The predicted molar refractivity (Wildman–Crippen MR) is 95.7 cm³/mol. The zero-order valence-electron chi connectivity index (χ0n) is 13.9. The van der Waals surface area contributed by atoms with E-state index in [1.54, 1.807) is 12.1 Å². The second-order valence-electron chi connectivity index (χ2n) is 6.74. The number of aryl methyl sites for hydroxylation is 1. The van der Waals surface area contributed by atoms with E-state index in [0.29, 0.717) is 12.0 Å². The van der Waals surface area contributed by atoms with Crippen LogP contribution in [-0.2, 0) is 6.42 Å². The normalized spacial score (nSPS) is 19.1. The van der Waals surface area contributed by atoms with Crippen LogP contribution in [0.3, 0.4) is 0 Å². The van der Waals surface area contributed by atoms with Crippen molar-refractivity contribution in [2.24, 2.45) is 0 Å². The minimum Gasteiger partial charge on any atom is -0.361 e. The van der Waals surface area contributed by atoms with E-state index in [4.69, 9.17) is 0 Å². The molecular formula is C20H18N2O3. The Morgan fingerprint density at radius 2 is 2.00 bits per heavy atom. The average Bonchev–Trinajstić information content (AvgIpc) is 3.02. The quantitative estimate of drug-likeness (QED) is 0.444. The monoisotopic (exact) mass is 334 g/mol. The van der Waals surface area contributed by atoms with Crippen LogP contribution < -0.4 is 0 Å². The van der Waals surface area contributed by atoms with Crippen LogP contribution in [0, 0.1) is 17.0 Å². The number of carbonyl (C=O) groups excluding carboxylic acids is 1. The molecule has 0 saturated carbocycles. The van der Waals surface area contributed by atoms with E-state index in [2.05, 4.69) is 4.98 Å². The van der Waals surface area contributed by atoms with Crippen molar-refractivity contribution in [3.63, 3.8) is 0 Å². The Morgan fingerprint density at radius 3 is 2.72 bits per heavy atom. The topological polar surface area (TPSA) is 76.0 Å². The summed E-state index contributed by atoms with van der Waals surface area (Å²) in [6, 6.07) is 12.4. The molecule has 5 nitrogen and oxygen atoms in total. The Bertz CT molecular complexity index is 972. The van der Waals surface area contributed by atoms with Gasteiger partial charge in [-0.05, 0) is 24.1 Å². The summed E-state index contributed by atoms with van der Waals surface area (Å²) in [6.07, 6.45) is 2.36. The van der Waals surface area contributed by atoms with Crippen molar-refractivity contribution in [3.05, 3.63) is 81.0 Å². The number of ketones is 1. The fraction of sp³-hybridized carbons (Fsp3) is 0.250. The van der Waals surface area contributed by atoms with Gasteiger partial charge in [-0.3, -0.25) is 14.9 Å². The molecule has 0 saturated heterocycles. The number of hydrogen-bond donors (Lipinski definition) is 1. The Hall–Kier alpha value is -2.95. The number of rotatable bonds is 4. The van der Waals surface area contributed by atoms with E-state index >= 15 is 0 Å². The summed E-state index contributed by atoms with van der Waals surface area (Å²) in [4.78, 5) is 27.3. The zero-order valence-corrected chi connectivity index (χ0v) is 13.9. The molecule has 1 aromatic heterocycles. The van der Waals surface area contributed by atoms with Gasteiger partial charge in [-0.1, -0.05) is 42.0 Å². The van der Waals surface area contributed by atoms with Gasteiger partial charge in [0.25, 0.3) is 0 Å². The second kappa shape index (κ2) is 5.84. The molecule has 0 fully saturated rings. The van der Waals surface area contributed by atoms with Gasteiger partial charge < -0.3 is 4.98 Å². The van der Waals surface area contributed by atoms with Crippen LogP contribution >= 0.6 is 0 Å². The van der Waals surface area contributed by atoms with Crippen LogP contribution in [0.5, 0.6) is 0 Å². The van der Waals surface area contributed by atoms with Gasteiger partial charge in [0.1, 0.15) is 0 Å². The van der Waals surface area contributed by atoms with Gasteiger partial charge in [0.2, 0.25) is 6.04 Å². The minimum atomic E-state index is -0.775. The molecule has 25 heavy (non-hydrogen) atoms. The van der Waals surface area contributed by atoms with Gasteiger partial charge in [-0.25, -0.2) is 0 Å². The number of Topliss-reactive ketones (excluding diaryl/α,β-unsaturated/α-hetero) is 1. The highest BCUT2D eigenvalue weighted by molar-refractivity contribution is 5.97. The van der Waals surface area contributed by atoms with Crippen molar-refractivity contribution in [2.75, 3.05) is 0 Å². The Labute approximate surface area is 144 Å². The molecule has 5 heteroatoms. The summed E-state index contributed by atoms with van der Waals surface area (Å²) in [6.45, 7) is 1.96. The predicted octanol–water partition coefficient (Wildman–Crippen LogP) is 4.03. The lowest BCUT2D eigenvalue weighted by molar-refractivity contribution is -0.526. The maximum Gasteiger partial charge on any atom is 0.224 e. The molecule has 4 rings (SSSR count). The third kappa shape index (κ3) is 2.61. The fourth-order valence-corrected chi connectivity index (χ4v) is 3.86. The molecule has 0 spiro atoms. The number of carbonyl (C=O) groups is 1. The molecule has 3 aromatic rings. The van der Waals surface area contributed by atoms with E-state index in [1.165, 1.54) is 0 Å². The van der Waals surface area contributed by atoms with E-state index < -0.39 is 12.0 Å². The SMILES string of the molecule is Cc1ccc(C(=O)C[C@@H]2c3cccc4[nH]cc(c34)C[C@H]2[N+](=O)[O-])cc1. The van der Waals surface area contributed by atoms with Gasteiger partial charge in [0, 0.05) is 40.4 Å². The van der Waals surface area contributed by atoms with Crippen molar-refractivity contribution in [3.8, 4) is 0 Å². The first-order valence-corrected chi connectivity index (χ1v) is 8.37. The van der Waals surface area contributed by atoms with Crippen LogP contribution in [0.25, 0.3) is 10.9 Å². The summed E-state index contributed by atoms with van der Waals surface area (Å²) < 4.78 is 0. The Balaban J connectivity index is 1.74. The summed E-state index contributed by atoms with van der Waals surface area (Å²) in [5, 5.41) is 12.7. The van der Waals surface area contributed by atoms with Gasteiger partial charge in [-0.2, -0.15) is 0 Å². The number of H-pyrrole nitrogens is 1. The number of nitrogens with zero attached hydrogens (tertiary/aromatic N) is 1. The zero-order chi connectivity index (χ0) is 17.6. The lowest BCUT2D eigenvalue weighted by atomic mass is 9.77. The number of nitro groups is 1. The Kier molecular flexibility index (Phi) is 3.64. The van der Waals surface area contributed by atoms with E-state index in [-0.39, 0.29) is 17.1 Å². The maximum absolute atomic E-state index is 12.7. The van der Waals surface area contributed by atoms with Crippen molar-refractivity contribution in [2.45, 2.75) is 31.7 Å². The highest BCUT2D eigenvalue weighted by Crippen LogP contribution is 2.40. The van der Waals surface area contributed by atoms with Crippen LogP contribution in [0.1, 0.15) is 39.4 Å². The van der Waals surface area contributed by atoms with E-state index in [1.807, 2.05) is 43.5 Å². The fourth-order valence-electron chi connectivity index (χ4n) is 3.86. The summed E-state index contributed by atoms with van der Waals surface area (Å²) in [7, 11) is 0. The lowest BCUT2D eigenvalue weighted by Gasteiger charge is -2.26. The number of nitrogens with one attached hydrogen (secondary N) is 1. The molecule has 0 amide bonds. The number of hydrogen-bond acceptors (Lipinski definition) is 3. The molecule has 1 aliphatic carbocycles. The Morgan fingerprint density at radius 1 is 1.24 bits per heavy atom. The van der Waals surface area contributed by atoms with Gasteiger partial charge in [-0.15, -0.1) is 0 Å². The summed E-state index contributed by atoms with van der Waals surface area (Å²) >= 11 is 0. The molecule has 2 atom stereocenters. The highest BCUT2D eigenvalue weighted by Gasteiger charge is 2.40. The van der Waals surface area contributed by atoms with Crippen LogP contribution in [-0.4, -0.2) is 21.7 Å². The first kappa shape index (κ1) is 15.6. The van der Waals surface area contributed by atoms with Gasteiger partial charge in [0.05, 0.1) is 5.92 Å². The van der Waals surface area contributed by atoms with Crippen molar-refractivity contribution < 1.29 is 9.72 Å². The molecular weight excluding hydrogens is 316 g/mol. The number of aromatic amines is 1. The van der Waals surface area contributed by atoms with Crippen LogP contribution in [0.15, 0.2) is 48.7 Å². The number of aromatic nitrogens is 1. The lowest BCUT2D eigenvalue weighted by Crippen LogP contribution is -2.34. The van der Waals surface area contributed by atoms with Gasteiger partial charge >= 0.3 is 0 Å². The average molecular weight is 334 g/mol. The molecule has 0 aliphatic heterocycles. The van der Waals surface area contributed by atoms with Crippen LogP contribution in [0.2, 0.25) is 0 Å².